The highest BCUT2D eigenvalue weighted by molar-refractivity contribution is 5.99. The highest BCUT2D eigenvalue weighted by Crippen LogP contribution is 2.18. The van der Waals surface area contributed by atoms with Gasteiger partial charge in [-0.3, -0.25) is 4.79 Å². The molecule has 0 heterocycles. The van der Waals surface area contributed by atoms with Crippen molar-refractivity contribution in [2.75, 3.05) is 24.2 Å². The molecule has 0 bridgehead atoms. The Morgan fingerprint density at radius 2 is 2.24 bits per heavy atom. The maximum Gasteiger partial charge on any atom is 0.161 e. The minimum Gasteiger partial charge on any atom is -0.398 e. The first-order valence-corrected chi connectivity index (χ1v) is 5.79. The summed E-state index contributed by atoms with van der Waals surface area (Å²) in [4.78, 5) is 11.3. The van der Waals surface area contributed by atoms with Crippen molar-refractivity contribution in [3.63, 3.8) is 0 Å². The number of hydrogen-bond acceptors (Lipinski definition) is 4. The van der Waals surface area contributed by atoms with Gasteiger partial charge in [-0.05, 0) is 37.5 Å². The van der Waals surface area contributed by atoms with Gasteiger partial charge in [0.2, 0.25) is 0 Å². The van der Waals surface area contributed by atoms with Gasteiger partial charge in [0.1, 0.15) is 0 Å². The van der Waals surface area contributed by atoms with E-state index in [2.05, 4.69) is 12.2 Å². The number of nitrogens with one attached hydrogen (secondary N) is 1. The molecular weight excluding hydrogens is 216 g/mol. The Balaban J connectivity index is 2.66. The van der Waals surface area contributed by atoms with Gasteiger partial charge < -0.3 is 16.2 Å². The number of hydrogen-bond donors (Lipinski definition) is 3. The number of nitrogens with two attached hydrogens (primary N) is 1. The summed E-state index contributed by atoms with van der Waals surface area (Å²) in [6.07, 6.45) is 0.765. The van der Waals surface area contributed by atoms with Crippen LogP contribution in [0.5, 0.6) is 0 Å². The van der Waals surface area contributed by atoms with Crippen molar-refractivity contribution in [2.45, 2.75) is 20.3 Å². The number of rotatable bonds is 6. The predicted molar refractivity (Wildman–Crippen MR) is 70.2 cm³/mol. The van der Waals surface area contributed by atoms with Gasteiger partial charge in [-0.2, -0.15) is 0 Å². The maximum atomic E-state index is 11.3. The van der Waals surface area contributed by atoms with Crippen molar-refractivity contribution in [1.29, 1.82) is 0 Å². The Hall–Kier alpha value is -1.55. The van der Waals surface area contributed by atoms with Gasteiger partial charge in [0.05, 0.1) is 0 Å². The summed E-state index contributed by atoms with van der Waals surface area (Å²) in [6, 6.07) is 5.35. The molecule has 0 aromatic heterocycles. The Labute approximate surface area is 102 Å². The van der Waals surface area contributed by atoms with Gasteiger partial charge in [-0.15, -0.1) is 0 Å². The summed E-state index contributed by atoms with van der Waals surface area (Å²) in [6.45, 7) is 4.53. The van der Waals surface area contributed by atoms with Crippen LogP contribution in [-0.4, -0.2) is 24.0 Å². The normalized spacial score (nSPS) is 12.2. The molecule has 17 heavy (non-hydrogen) atoms. The quantitative estimate of drug-likeness (QED) is 0.521. The van der Waals surface area contributed by atoms with Gasteiger partial charge in [-0.1, -0.05) is 6.92 Å². The largest absolute Gasteiger partial charge is 0.398 e. The number of aliphatic hydroxyl groups excluding tert-OH is 1. The monoisotopic (exact) mass is 236 g/mol. The lowest BCUT2D eigenvalue weighted by Crippen LogP contribution is -2.13. The molecule has 0 amide bonds. The van der Waals surface area contributed by atoms with Gasteiger partial charge >= 0.3 is 0 Å². The molecule has 1 rings (SSSR count). The van der Waals surface area contributed by atoms with Crippen molar-refractivity contribution in [2.24, 2.45) is 5.92 Å². The number of ketones is 1. The van der Waals surface area contributed by atoms with E-state index in [-0.39, 0.29) is 12.4 Å². The minimum absolute atomic E-state index is 0.0328. The summed E-state index contributed by atoms with van der Waals surface area (Å²) < 4.78 is 0. The second-order valence-corrected chi connectivity index (χ2v) is 4.36. The van der Waals surface area contributed by atoms with Crippen LogP contribution < -0.4 is 11.1 Å². The molecule has 0 saturated carbocycles. The molecule has 1 aromatic rings. The highest BCUT2D eigenvalue weighted by atomic mass is 16.3. The maximum absolute atomic E-state index is 11.3. The fraction of sp³-hybridized carbons (Fsp3) is 0.462. The van der Waals surface area contributed by atoms with Crippen LogP contribution in [0, 0.1) is 5.92 Å². The summed E-state index contributed by atoms with van der Waals surface area (Å²) in [5.74, 6) is 0.355. The molecule has 0 spiro atoms. The van der Waals surface area contributed by atoms with Crippen molar-refractivity contribution < 1.29 is 9.90 Å². The van der Waals surface area contributed by atoms with E-state index in [1.807, 2.05) is 6.07 Å². The third-order valence-corrected chi connectivity index (χ3v) is 2.71. The van der Waals surface area contributed by atoms with Crippen molar-refractivity contribution in [3.8, 4) is 0 Å². The number of anilines is 2. The molecule has 94 valence electrons. The molecule has 0 fully saturated rings. The fourth-order valence-electron chi connectivity index (χ4n) is 1.59. The summed E-state index contributed by atoms with van der Waals surface area (Å²) in [7, 11) is 0. The van der Waals surface area contributed by atoms with Crippen LogP contribution in [0.4, 0.5) is 11.4 Å². The van der Waals surface area contributed by atoms with Crippen molar-refractivity contribution in [3.05, 3.63) is 23.8 Å². The van der Waals surface area contributed by atoms with Crippen molar-refractivity contribution in [1.82, 2.24) is 0 Å². The first-order valence-electron chi connectivity index (χ1n) is 5.79. The van der Waals surface area contributed by atoms with Crippen LogP contribution >= 0.6 is 0 Å². The Morgan fingerprint density at radius 3 is 2.82 bits per heavy atom. The second kappa shape index (κ2) is 6.25. The van der Waals surface area contributed by atoms with Crippen LogP contribution in [0.15, 0.2) is 18.2 Å². The third-order valence-electron chi connectivity index (χ3n) is 2.71. The van der Waals surface area contributed by atoms with E-state index in [1.165, 1.54) is 6.92 Å². The first kappa shape index (κ1) is 13.5. The molecule has 4 nitrogen and oxygen atoms in total. The molecule has 4 heteroatoms. The molecular formula is C13H20N2O2. The van der Waals surface area contributed by atoms with Crippen molar-refractivity contribution >= 4 is 17.2 Å². The molecule has 0 aliphatic carbocycles. The van der Waals surface area contributed by atoms with E-state index in [4.69, 9.17) is 10.8 Å². The van der Waals surface area contributed by atoms with E-state index in [0.29, 0.717) is 17.2 Å². The number of carbonyl (C=O) groups is 1. The zero-order chi connectivity index (χ0) is 12.8. The SMILES string of the molecule is CC(=O)c1cc(NCC(C)CCO)ccc1N. The van der Waals surface area contributed by atoms with E-state index in [9.17, 15) is 4.79 Å². The zero-order valence-corrected chi connectivity index (χ0v) is 10.4. The average Bonchev–Trinajstić information content (AvgIpc) is 2.28. The smallest absolute Gasteiger partial charge is 0.161 e. The first-order chi connectivity index (χ1) is 8.04. The number of aliphatic hydroxyl groups is 1. The van der Waals surface area contributed by atoms with E-state index >= 15 is 0 Å². The Morgan fingerprint density at radius 1 is 1.53 bits per heavy atom. The lowest BCUT2D eigenvalue weighted by Gasteiger charge is -2.13. The predicted octanol–water partition coefficient (Wildman–Crippen LogP) is 1.90. The highest BCUT2D eigenvalue weighted by Gasteiger charge is 2.06. The summed E-state index contributed by atoms with van der Waals surface area (Å²) >= 11 is 0. The van der Waals surface area contributed by atoms with Gasteiger partial charge in [-0.25, -0.2) is 0 Å². The molecule has 1 aromatic carbocycles. The summed E-state index contributed by atoms with van der Waals surface area (Å²) in [5, 5.41) is 12.0. The van der Waals surface area contributed by atoms with Gasteiger partial charge in [0.25, 0.3) is 0 Å². The molecule has 0 saturated heterocycles. The molecule has 1 atom stereocenters. The van der Waals surface area contributed by atoms with Crippen LogP contribution in [0.1, 0.15) is 30.6 Å². The fourth-order valence-corrected chi connectivity index (χ4v) is 1.59. The molecule has 4 N–H and O–H groups in total. The van der Waals surface area contributed by atoms with Gasteiger partial charge in [0.15, 0.2) is 5.78 Å². The molecule has 1 unspecified atom stereocenters. The number of Topliss-reactive ketones (excluding diaryl/α,β-unsaturated/α-hetero) is 1. The molecule has 0 aliphatic heterocycles. The number of benzene rings is 1. The number of nitrogen functional groups attached to an aromatic ring is 1. The lowest BCUT2D eigenvalue weighted by atomic mass is 10.1. The molecule has 0 aliphatic rings. The summed E-state index contributed by atoms with van der Waals surface area (Å²) in [5.41, 5.74) is 7.65. The van der Waals surface area contributed by atoms with Crippen LogP contribution in [0.25, 0.3) is 0 Å². The third kappa shape index (κ3) is 4.07. The minimum atomic E-state index is -0.0328. The average molecular weight is 236 g/mol. The Bertz CT molecular complexity index is 391. The van der Waals surface area contributed by atoms with Crippen LogP contribution in [0.2, 0.25) is 0 Å². The molecule has 0 radical (unpaired) electrons. The topological polar surface area (TPSA) is 75.3 Å². The van der Waals surface area contributed by atoms with E-state index in [0.717, 1.165) is 18.7 Å². The standard InChI is InChI=1S/C13H20N2O2/c1-9(5-6-16)8-15-11-3-4-13(14)12(7-11)10(2)17/h3-4,7,9,15-16H,5-6,8,14H2,1-2H3. The van der Waals surface area contributed by atoms with E-state index in [1.54, 1.807) is 12.1 Å². The Kier molecular flexibility index (Phi) is 4.97. The van der Waals surface area contributed by atoms with Crippen LogP contribution in [0.3, 0.4) is 0 Å². The lowest BCUT2D eigenvalue weighted by molar-refractivity contribution is 0.101. The second-order valence-electron chi connectivity index (χ2n) is 4.36. The van der Waals surface area contributed by atoms with E-state index < -0.39 is 0 Å². The van der Waals surface area contributed by atoms with Gasteiger partial charge in [0, 0.05) is 30.1 Å². The number of carbonyl (C=O) groups excluding carboxylic acids is 1. The van der Waals surface area contributed by atoms with Crippen LogP contribution in [-0.2, 0) is 0 Å². The zero-order valence-electron chi connectivity index (χ0n) is 10.4.